The number of amides is 1. The van der Waals surface area contributed by atoms with Gasteiger partial charge in [0.15, 0.2) is 0 Å². The van der Waals surface area contributed by atoms with Crippen LogP contribution in [0.15, 0.2) is 64.4 Å². The number of rotatable bonds is 4. The van der Waals surface area contributed by atoms with E-state index in [-0.39, 0.29) is 11.9 Å². The highest BCUT2D eigenvalue weighted by Crippen LogP contribution is 2.36. The lowest BCUT2D eigenvalue weighted by atomic mass is 9.99. The van der Waals surface area contributed by atoms with Crippen molar-refractivity contribution in [1.82, 2.24) is 5.32 Å². The number of hydrogen-bond acceptors (Lipinski definition) is 3. The van der Waals surface area contributed by atoms with Gasteiger partial charge in [-0.15, -0.1) is 11.3 Å². The summed E-state index contributed by atoms with van der Waals surface area (Å²) in [7, 11) is 0. The number of benzene rings is 2. The zero-order chi connectivity index (χ0) is 19.0. The average Bonchev–Trinajstić information content (AvgIpc) is 3.30. The second kappa shape index (κ2) is 7.05. The number of thiophene rings is 1. The van der Waals surface area contributed by atoms with Crippen molar-refractivity contribution in [3.05, 3.63) is 81.7 Å². The predicted molar refractivity (Wildman–Crippen MR) is 111 cm³/mol. The number of carbonyl (C=O) groups is 1. The summed E-state index contributed by atoms with van der Waals surface area (Å²) in [6.07, 6.45) is 0. The highest BCUT2D eigenvalue weighted by molar-refractivity contribution is 7.10. The van der Waals surface area contributed by atoms with E-state index in [1.54, 1.807) is 11.3 Å². The Labute approximate surface area is 162 Å². The summed E-state index contributed by atoms with van der Waals surface area (Å²) < 4.78 is 6.01. The van der Waals surface area contributed by atoms with Crippen LogP contribution < -0.4 is 5.32 Å². The van der Waals surface area contributed by atoms with Gasteiger partial charge in [0.1, 0.15) is 5.58 Å². The minimum atomic E-state index is -0.194. The molecule has 0 aliphatic heterocycles. The Morgan fingerprint density at radius 3 is 2.48 bits per heavy atom. The smallest absolute Gasteiger partial charge is 0.288 e. The highest BCUT2D eigenvalue weighted by atomic mass is 32.1. The second-order valence-electron chi connectivity index (χ2n) is 6.88. The first-order valence-electron chi connectivity index (χ1n) is 8.97. The molecule has 0 fully saturated rings. The maximum Gasteiger partial charge on any atom is 0.288 e. The molecule has 0 aliphatic carbocycles. The van der Waals surface area contributed by atoms with E-state index in [4.69, 9.17) is 4.42 Å². The van der Waals surface area contributed by atoms with Gasteiger partial charge in [-0.05, 0) is 49.9 Å². The van der Waals surface area contributed by atoms with Crippen molar-refractivity contribution >= 4 is 28.2 Å². The molecule has 136 valence electrons. The molecule has 1 N–H and O–H groups in total. The molecule has 0 saturated heterocycles. The van der Waals surface area contributed by atoms with E-state index in [1.165, 1.54) is 5.56 Å². The Morgan fingerprint density at radius 1 is 1.04 bits per heavy atom. The second-order valence-corrected chi connectivity index (χ2v) is 7.86. The van der Waals surface area contributed by atoms with Gasteiger partial charge in [-0.2, -0.15) is 0 Å². The van der Waals surface area contributed by atoms with E-state index >= 15 is 0 Å². The van der Waals surface area contributed by atoms with E-state index in [2.05, 4.69) is 30.4 Å². The maximum absolute atomic E-state index is 13.1. The molecule has 0 aliphatic rings. The van der Waals surface area contributed by atoms with E-state index in [0.29, 0.717) is 5.76 Å². The Bertz CT molecular complexity index is 1090. The summed E-state index contributed by atoms with van der Waals surface area (Å²) in [5.41, 5.74) is 4.88. The van der Waals surface area contributed by atoms with Crippen molar-refractivity contribution < 1.29 is 9.21 Å². The molecule has 4 aromatic rings. The number of furan rings is 1. The van der Waals surface area contributed by atoms with Crippen molar-refractivity contribution in [2.24, 2.45) is 0 Å². The highest BCUT2D eigenvalue weighted by Gasteiger charge is 2.23. The number of fused-ring (bicyclic) bond motifs is 1. The number of aryl methyl sites for hydroxylation is 2. The van der Waals surface area contributed by atoms with Crippen molar-refractivity contribution in [3.63, 3.8) is 0 Å². The van der Waals surface area contributed by atoms with Crippen LogP contribution in [0.3, 0.4) is 0 Å². The minimum Gasteiger partial charge on any atom is -0.450 e. The molecular formula is C23H21NO2S. The van der Waals surface area contributed by atoms with Gasteiger partial charge in [-0.1, -0.05) is 47.5 Å². The van der Waals surface area contributed by atoms with Crippen molar-refractivity contribution in [1.29, 1.82) is 0 Å². The molecule has 1 atom stereocenters. The van der Waals surface area contributed by atoms with E-state index in [0.717, 1.165) is 32.5 Å². The summed E-state index contributed by atoms with van der Waals surface area (Å²) in [4.78, 5) is 14.2. The van der Waals surface area contributed by atoms with Gasteiger partial charge >= 0.3 is 0 Å². The van der Waals surface area contributed by atoms with Crippen molar-refractivity contribution in [3.8, 4) is 11.1 Å². The minimum absolute atomic E-state index is 0.0710. The zero-order valence-corrected chi connectivity index (χ0v) is 16.4. The SMILES string of the molecule is Cc1ccc(-c2c(C(=O)NC(C)c3cccs3)oc3ccc(C)cc23)cc1. The van der Waals surface area contributed by atoms with Gasteiger partial charge in [-0.25, -0.2) is 0 Å². The lowest BCUT2D eigenvalue weighted by molar-refractivity contribution is 0.0915. The Kier molecular flexibility index (Phi) is 4.58. The predicted octanol–water partition coefficient (Wildman–Crippen LogP) is 6.27. The lowest BCUT2D eigenvalue weighted by Gasteiger charge is -2.12. The third-order valence-electron chi connectivity index (χ3n) is 4.71. The largest absolute Gasteiger partial charge is 0.450 e. The van der Waals surface area contributed by atoms with E-state index < -0.39 is 0 Å². The normalized spacial score (nSPS) is 12.3. The molecule has 0 saturated carbocycles. The molecule has 2 aromatic heterocycles. The van der Waals surface area contributed by atoms with Crippen LogP contribution >= 0.6 is 11.3 Å². The fourth-order valence-electron chi connectivity index (χ4n) is 3.25. The summed E-state index contributed by atoms with van der Waals surface area (Å²) in [6.45, 7) is 6.09. The Morgan fingerprint density at radius 2 is 1.78 bits per heavy atom. The van der Waals surface area contributed by atoms with Gasteiger partial charge in [-0.3, -0.25) is 4.79 Å². The van der Waals surface area contributed by atoms with Crippen LogP contribution in [0, 0.1) is 13.8 Å². The molecule has 1 amide bonds. The maximum atomic E-state index is 13.1. The third-order valence-corrected chi connectivity index (χ3v) is 5.76. The van der Waals surface area contributed by atoms with Crippen LogP contribution in [-0.4, -0.2) is 5.91 Å². The first-order chi connectivity index (χ1) is 13.0. The van der Waals surface area contributed by atoms with Gasteiger partial charge in [0.25, 0.3) is 5.91 Å². The average molecular weight is 375 g/mol. The first kappa shape index (κ1) is 17.6. The van der Waals surface area contributed by atoms with Crippen molar-refractivity contribution in [2.75, 3.05) is 0 Å². The van der Waals surface area contributed by atoms with Gasteiger partial charge < -0.3 is 9.73 Å². The fraction of sp³-hybridized carbons (Fsp3) is 0.174. The topological polar surface area (TPSA) is 42.2 Å². The molecule has 0 spiro atoms. The summed E-state index contributed by atoms with van der Waals surface area (Å²) in [5.74, 6) is 0.170. The zero-order valence-electron chi connectivity index (χ0n) is 15.6. The number of carbonyl (C=O) groups excluding carboxylic acids is 1. The molecule has 0 radical (unpaired) electrons. The van der Waals surface area contributed by atoms with Gasteiger partial charge in [0.05, 0.1) is 6.04 Å². The summed E-state index contributed by atoms with van der Waals surface area (Å²) in [6, 6.07) is 18.2. The Balaban J connectivity index is 1.80. The van der Waals surface area contributed by atoms with E-state index in [9.17, 15) is 4.79 Å². The van der Waals surface area contributed by atoms with Crippen LogP contribution in [0.4, 0.5) is 0 Å². The van der Waals surface area contributed by atoms with Gasteiger partial charge in [0, 0.05) is 15.8 Å². The molecule has 3 nitrogen and oxygen atoms in total. The quantitative estimate of drug-likeness (QED) is 0.457. The molecule has 1 unspecified atom stereocenters. The summed E-state index contributed by atoms with van der Waals surface area (Å²) in [5, 5.41) is 6.05. The molecular weight excluding hydrogens is 354 g/mol. The van der Waals surface area contributed by atoms with Crippen molar-refractivity contribution in [2.45, 2.75) is 26.8 Å². The van der Waals surface area contributed by atoms with Crippen LogP contribution in [0.2, 0.25) is 0 Å². The molecule has 2 aromatic carbocycles. The molecule has 2 heterocycles. The van der Waals surface area contributed by atoms with Gasteiger partial charge in [0.2, 0.25) is 5.76 Å². The van der Waals surface area contributed by atoms with Crippen LogP contribution in [0.5, 0.6) is 0 Å². The number of nitrogens with one attached hydrogen (secondary N) is 1. The lowest BCUT2D eigenvalue weighted by Crippen LogP contribution is -2.26. The molecule has 4 rings (SSSR count). The first-order valence-corrected chi connectivity index (χ1v) is 9.85. The van der Waals surface area contributed by atoms with Crippen LogP contribution in [-0.2, 0) is 0 Å². The standard InChI is InChI=1S/C23H21NO2S/c1-14-6-9-17(10-7-14)21-18-13-15(2)8-11-19(18)26-22(21)23(25)24-16(3)20-5-4-12-27-20/h4-13,16H,1-3H3,(H,24,25). The number of hydrogen-bond donors (Lipinski definition) is 1. The van der Waals surface area contributed by atoms with Crippen LogP contribution in [0.25, 0.3) is 22.1 Å². The monoisotopic (exact) mass is 375 g/mol. The molecule has 27 heavy (non-hydrogen) atoms. The fourth-order valence-corrected chi connectivity index (χ4v) is 3.98. The Hall–Kier alpha value is -2.85. The molecule has 4 heteroatoms. The summed E-state index contributed by atoms with van der Waals surface area (Å²) >= 11 is 1.63. The third kappa shape index (κ3) is 3.40. The molecule has 0 bridgehead atoms. The van der Waals surface area contributed by atoms with E-state index in [1.807, 2.05) is 55.6 Å². The van der Waals surface area contributed by atoms with Crippen LogP contribution in [0.1, 0.15) is 39.5 Å².